The third-order valence-corrected chi connectivity index (χ3v) is 3.28. The third-order valence-electron chi connectivity index (χ3n) is 3.28. The van der Waals surface area contributed by atoms with Gasteiger partial charge in [0.15, 0.2) is 0 Å². The summed E-state index contributed by atoms with van der Waals surface area (Å²) < 4.78 is 13.3. The quantitative estimate of drug-likeness (QED) is 0.901. The van der Waals surface area contributed by atoms with Crippen LogP contribution in [0.25, 0.3) is 0 Å². The van der Waals surface area contributed by atoms with Crippen LogP contribution in [-0.4, -0.2) is 14.1 Å². The largest absolute Gasteiger partial charge is 0.345 e. The summed E-state index contributed by atoms with van der Waals surface area (Å²) in [6.45, 7) is 2.95. The molecule has 0 saturated heterocycles. The second-order valence-corrected chi connectivity index (χ2v) is 4.68. The van der Waals surface area contributed by atoms with Crippen LogP contribution in [0.1, 0.15) is 11.1 Å². The van der Waals surface area contributed by atoms with Gasteiger partial charge >= 0.3 is 0 Å². The molecule has 3 heteroatoms. The molecule has 0 heterocycles. The van der Waals surface area contributed by atoms with Crippen molar-refractivity contribution in [3.05, 3.63) is 59.4 Å². The molecule has 0 fully saturated rings. The summed E-state index contributed by atoms with van der Waals surface area (Å²) in [6.07, 6.45) is 0. The molecule has 0 atom stereocenters. The molecule has 0 aliphatic heterocycles. The molecule has 2 nitrogen and oxygen atoms in total. The standard InChI is InChI=1S/C16H19FN2/c1-12-9-16(8-7-13(12)11-18-2)19(3)15-6-4-5-14(17)10-15/h4-10,18H,11H2,1-3H3. The van der Waals surface area contributed by atoms with E-state index in [2.05, 4.69) is 30.4 Å². The molecule has 0 aliphatic rings. The van der Waals surface area contributed by atoms with Gasteiger partial charge in [0.2, 0.25) is 0 Å². The van der Waals surface area contributed by atoms with Crippen molar-refractivity contribution >= 4 is 11.4 Å². The molecule has 19 heavy (non-hydrogen) atoms. The van der Waals surface area contributed by atoms with E-state index in [9.17, 15) is 4.39 Å². The van der Waals surface area contributed by atoms with Crippen molar-refractivity contribution < 1.29 is 4.39 Å². The Hall–Kier alpha value is -1.87. The first-order valence-corrected chi connectivity index (χ1v) is 6.35. The fourth-order valence-electron chi connectivity index (χ4n) is 2.11. The number of benzene rings is 2. The first-order chi connectivity index (χ1) is 9.11. The molecule has 0 unspecified atom stereocenters. The van der Waals surface area contributed by atoms with Gasteiger partial charge in [-0.1, -0.05) is 12.1 Å². The van der Waals surface area contributed by atoms with Gasteiger partial charge in [0.05, 0.1) is 0 Å². The predicted octanol–water partition coefficient (Wildman–Crippen LogP) is 3.62. The second-order valence-electron chi connectivity index (χ2n) is 4.68. The first kappa shape index (κ1) is 13.6. The SMILES string of the molecule is CNCc1ccc(N(C)c2cccc(F)c2)cc1C. The maximum atomic E-state index is 13.3. The number of nitrogens with zero attached hydrogens (tertiary/aromatic N) is 1. The van der Waals surface area contributed by atoms with E-state index < -0.39 is 0 Å². The molecule has 0 saturated carbocycles. The van der Waals surface area contributed by atoms with Crippen LogP contribution in [0, 0.1) is 12.7 Å². The fraction of sp³-hybridized carbons (Fsp3) is 0.250. The van der Waals surface area contributed by atoms with Crippen LogP contribution in [0.3, 0.4) is 0 Å². The Labute approximate surface area is 113 Å². The van der Waals surface area contributed by atoms with Gasteiger partial charge in [-0.2, -0.15) is 0 Å². The zero-order valence-electron chi connectivity index (χ0n) is 11.6. The monoisotopic (exact) mass is 258 g/mol. The maximum Gasteiger partial charge on any atom is 0.125 e. The van der Waals surface area contributed by atoms with Crippen molar-refractivity contribution in [3.8, 4) is 0 Å². The highest BCUT2D eigenvalue weighted by Gasteiger charge is 2.06. The number of anilines is 2. The molecule has 2 aromatic carbocycles. The van der Waals surface area contributed by atoms with Gasteiger partial charge in [-0.05, 0) is 55.4 Å². The highest BCUT2D eigenvalue weighted by molar-refractivity contribution is 5.63. The molecular formula is C16H19FN2. The number of rotatable bonds is 4. The van der Waals surface area contributed by atoms with Crippen molar-refractivity contribution in [2.75, 3.05) is 19.0 Å². The lowest BCUT2D eigenvalue weighted by Crippen LogP contribution is -2.11. The van der Waals surface area contributed by atoms with Crippen molar-refractivity contribution in [3.63, 3.8) is 0 Å². The molecule has 1 N–H and O–H groups in total. The van der Waals surface area contributed by atoms with Crippen molar-refractivity contribution in [1.29, 1.82) is 0 Å². The van der Waals surface area contributed by atoms with Gasteiger partial charge < -0.3 is 10.2 Å². The molecule has 0 amide bonds. The smallest absolute Gasteiger partial charge is 0.125 e. The first-order valence-electron chi connectivity index (χ1n) is 6.35. The minimum absolute atomic E-state index is 0.215. The summed E-state index contributed by atoms with van der Waals surface area (Å²) in [5, 5.41) is 3.15. The van der Waals surface area contributed by atoms with Crippen LogP contribution in [0.15, 0.2) is 42.5 Å². The molecule has 0 aromatic heterocycles. The Kier molecular flexibility index (Phi) is 4.17. The molecule has 0 radical (unpaired) electrons. The predicted molar refractivity (Wildman–Crippen MR) is 78.4 cm³/mol. The van der Waals surface area contributed by atoms with E-state index in [4.69, 9.17) is 0 Å². The minimum Gasteiger partial charge on any atom is -0.345 e. The van der Waals surface area contributed by atoms with Crippen molar-refractivity contribution in [1.82, 2.24) is 5.32 Å². The molecule has 0 aliphatic carbocycles. The van der Waals surface area contributed by atoms with E-state index in [-0.39, 0.29) is 5.82 Å². The van der Waals surface area contributed by atoms with Gasteiger partial charge in [0.25, 0.3) is 0 Å². The van der Waals surface area contributed by atoms with E-state index in [0.717, 1.165) is 17.9 Å². The second kappa shape index (κ2) is 5.85. The summed E-state index contributed by atoms with van der Waals surface area (Å²) >= 11 is 0. The van der Waals surface area contributed by atoms with Crippen LogP contribution < -0.4 is 10.2 Å². The van der Waals surface area contributed by atoms with Gasteiger partial charge in [-0.25, -0.2) is 4.39 Å². The van der Waals surface area contributed by atoms with Crippen molar-refractivity contribution in [2.24, 2.45) is 0 Å². The Morgan fingerprint density at radius 3 is 2.47 bits per heavy atom. The van der Waals surface area contributed by atoms with Crippen molar-refractivity contribution in [2.45, 2.75) is 13.5 Å². The average molecular weight is 258 g/mol. The molecule has 0 bridgehead atoms. The van der Waals surface area contributed by atoms with Crippen LogP contribution in [0.2, 0.25) is 0 Å². The molecular weight excluding hydrogens is 239 g/mol. The molecule has 2 aromatic rings. The lowest BCUT2D eigenvalue weighted by molar-refractivity contribution is 0.628. The van der Waals surface area contributed by atoms with Gasteiger partial charge in [-0.15, -0.1) is 0 Å². The van der Waals surface area contributed by atoms with E-state index in [1.807, 2.05) is 25.1 Å². The summed E-state index contributed by atoms with van der Waals surface area (Å²) in [5.41, 5.74) is 4.41. The van der Waals surface area contributed by atoms with Crippen LogP contribution in [0.5, 0.6) is 0 Å². The van der Waals surface area contributed by atoms with Crippen LogP contribution >= 0.6 is 0 Å². The summed E-state index contributed by atoms with van der Waals surface area (Å²) in [7, 11) is 3.88. The summed E-state index contributed by atoms with van der Waals surface area (Å²) in [6, 6.07) is 12.9. The topological polar surface area (TPSA) is 15.3 Å². The van der Waals surface area contributed by atoms with E-state index in [1.165, 1.54) is 23.3 Å². The Balaban J connectivity index is 2.29. The van der Waals surface area contributed by atoms with Gasteiger partial charge in [-0.3, -0.25) is 0 Å². The Bertz CT molecular complexity index is 566. The molecule has 0 spiro atoms. The fourth-order valence-corrected chi connectivity index (χ4v) is 2.11. The normalized spacial score (nSPS) is 10.5. The highest BCUT2D eigenvalue weighted by Crippen LogP contribution is 2.26. The third kappa shape index (κ3) is 3.12. The van der Waals surface area contributed by atoms with Gasteiger partial charge in [0.1, 0.15) is 5.82 Å². The lowest BCUT2D eigenvalue weighted by atomic mass is 10.1. The average Bonchev–Trinajstić information content (AvgIpc) is 2.40. The number of hydrogen-bond donors (Lipinski definition) is 1. The maximum absolute atomic E-state index is 13.3. The molecule has 100 valence electrons. The Morgan fingerprint density at radius 1 is 1.11 bits per heavy atom. The lowest BCUT2D eigenvalue weighted by Gasteiger charge is -2.21. The zero-order chi connectivity index (χ0) is 13.8. The summed E-state index contributed by atoms with van der Waals surface area (Å²) in [4.78, 5) is 1.99. The van der Waals surface area contributed by atoms with E-state index >= 15 is 0 Å². The van der Waals surface area contributed by atoms with E-state index in [1.54, 1.807) is 6.07 Å². The minimum atomic E-state index is -0.215. The van der Waals surface area contributed by atoms with E-state index in [0.29, 0.717) is 0 Å². The molecule has 2 rings (SSSR count). The number of hydrogen-bond acceptors (Lipinski definition) is 2. The highest BCUT2D eigenvalue weighted by atomic mass is 19.1. The van der Waals surface area contributed by atoms with Gasteiger partial charge in [0, 0.05) is 25.0 Å². The Morgan fingerprint density at radius 2 is 1.84 bits per heavy atom. The number of nitrogens with one attached hydrogen (secondary N) is 1. The number of halogens is 1. The number of aryl methyl sites for hydroxylation is 1. The summed E-state index contributed by atoms with van der Waals surface area (Å²) in [5.74, 6) is -0.215. The zero-order valence-corrected chi connectivity index (χ0v) is 11.6. The van der Waals surface area contributed by atoms with Crippen LogP contribution in [-0.2, 0) is 6.54 Å². The van der Waals surface area contributed by atoms with Crippen LogP contribution in [0.4, 0.5) is 15.8 Å².